The number of alkyl halides is 1. The third-order valence-corrected chi connectivity index (χ3v) is 5.33. The van der Waals surface area contributed by atoms with E-state index in [0.717, 1.165) is 19.3 Å². The number of carbonyl (C=O) groups is 2. The molecule has 1 unspecified atom stereocenters. The molecule has 0 radical (unpaired) electrons. The standard InChI is InChI=1S/C21H30FNO4/c1-14-12-16(13-18(26-4)19(14)27-5)21(3,22)20(25)23-11-7-6-8-17(23)10-9-15(2)24/h12-13,17H,6-11H2,1-5H3/t17-,21?/m0/s1. The topological polar surface area (TPSA) is 55.8 Å². The van der Waals surface area contributed by atoms with Gasteiger partial charge in [-0.1, -0.05) is 0 Å². The van der Waals surface area contributed by atoms with Gasteiger partial charge in [-0.25, -0.2) is 4.39 Å². The maximum absolute atomic E-state index is 15.8. The lowest BCUT2D eigenvalue weighted by atomic mass is 9.90. The number of hydrogen-bond donors (Lipinski definition) is 0. The predicted molar refractivity (Wildman–Crippen MR) is 102 cm³/mol. The molecule has 150 valence electrons. The molecule has 2 atom stereocenters. The molecule has 1 aliphatic heterocycles. The van der Waals surface area contributed by atoms with Crippen LogP contribution in [0.1, 0.15) is 57.1 Å². The number of halogens is 1. The van der Waals surface area contributed by atoms with E-state index >= 15 is 4.39 Å². The zero-order valence-electron chi connectivity index (χ0n) is 16.9. The van der Waals surface area contributed by atoms with Crippen molar-refractivity contribution in [3.8, 4) is 11.5 Å². The molecule has 1 fully saturated rings. The van der Waals surface area contributed by atoms with E-state index in [1.165, 1.54) is 27.2 Å². The van der Waals surface area contributed by atoms with E-state index in [-0.39, 0.29) is 17.4 Å². The second-order valence-corrected chi connectivity index (χ2v) is 7.42. The summed E-state index contributed by atoms with van der Waals surface area (Å²) in [7, 11) is 3.01. The Balaban J connectivity index is 2.32. The Hall–Kier alpha value is -2.11. The van der Waals surface area contributed by atoms with Crippen LogP contribution in [-0.4, -0.2) is 43.4 Å². The lowest BCUT2D eigenvalue weighted by Crippen LogP contribution is -2.50. The number of methoxy groups -OCH3 is 2. The number of rotatable bonds is 7. The van der Waals surface area contributed by atoms with Crippen molar-refractivity contribution in [2.75, 3.05) is 20.8 Å². The molecule has 0 aliphatic carbocycles. The van der Waals surface area contributed by atoms with Gasteiger partial charge in [-0.05, 0) is 64.2 Å². The summed E-state index contributed by atoms with van der Waals surface area (Å²) in [5, 5.41) is 0. The summed E-state index contributed by atoms with van der Waals surface area (Å²) in [6.45, 7) is 5.16. The Morgan fingerprint density at radius 2 is 1.96 bits per heavy atom. The quantitative estimate of drug-likeness (QED) is 0.720. The van der Waals surface area contributed by atoms with Gasteiger partial charge in [0.15, 0.2) is 11.5 Å². The highest BCUT2D eigenvalue weighted by Gasteiger charge is 2.42. The number of ether oxygens (including phenoxy) is 2. The fraction of sp³-hybridized carbons (Fsp3) is 0.619. The fourth-order valence-electron chi connectivity index (χ4n) is 3.76. The normalized spacial score (nSPS) is 19.3. The number of carbonyl (C=O) groups excluding carboxylic acids is 2. The van der Waals surface area contributed by atoms with Crippen LogP contribution in [0.2, 0.25) is 0 Å². The van der Waals surface area contributed by atoms with Crippen molar-refractivity contribution in [3.05, 3.63) is 23.3 Å². The second-order valence-electron chi connectivity index (χ2n) is 7.42. The number of Topliss-reactive ketones (excluding diaryl/α,β-unsaturated/α-hetero) is 1. The van der Waals surface area contributed by atoms with Gasteiger partial charge in [-0.15, -0.1) is 0 Å². The number of likely N-dealkylation sites (tertiary alicyclic amines) is 1. The van der Waals surface area contributed by atoms with Crippen LogP contribution in [0.3, 0.4) is 0 Å². The fourth-order valence-corrected chi connectivity index (χ4v) is 3.76. The molecule has 1 aliphatic rings. The zero-order chi connectivity index (χ0) is 20.2. The highest BCUT2D eigenvalue weighted by atomic mass is 19.1. The summed E-state index contributed by atoms with van der Waals surface area (Å²) >= 11 is 0. The Bertz CT molecular complexity index is 702. The molecule has 27 heavy (non-hydrogen) atoms. The van der Waals surface area contributed by atoms with Crippen LogP contribution in [0.25, 0.3) is 0 Å². The lowest BCUT2D eigenvalue weighted by molar-refractivity contribution is -0.148. The molecule has 1 aromatic rings. The van der Waals surface area contributed by atoms with E-state index in [1.54, 1.807) is 24.8 Å². The smallest absolute Gasteiger partial charge is 0.264 e. The van der Waals surface area contributed by atoms with Gasteiger partial charge in [0, 0.05) is 24.6 Å². The minimum absolute atomic E-state index is 0.0894. The molecule has 1 amide bonds. The van der Waals surface area contributed by atoms with Gasteiger partial charge in [-0.3, -0.25) is 4.79 Å². The minimum atomic E-state index is -2.18. The Morgan fingerprint density at radius 1 is 1.26 bits per heavy atom. The summed E-state index contributed by atoms with van der Waals surface area (Å²) in [4.78, 5) is 26.1. The highest BCUT2D eigenvalue weighted by Crippen LogP contribution is 2.39. The minimum Gasteiger partial charge on any atom is -0.493 e. The molecule has 5 nitrogen and oxygen atoms in total. The largest absolute Gasteiger partial charge is 0.493 e. The van der Waals surface area contributed by atoms with Crippen LogP contribution in [0.4, 0.5) is 4.39 Å². The summed E-state index contributed by atoms with van der Waals surface area (Å²) in [5.41, 5.74) is -1.23. The van der Waals surface area contributed by atoms with Crippen LogP contribution >= 0.6 is 0 Å². The van der Waals surface area contributed by atoms with Crippen molar-refractivity contribution in [2.45, 2.75) is 64.6 Å². The van der Waals surface area contributed by atoms with E-state index in [0.29, 0.717) is 36.4 Å². The van der Waals surface area contributed by atoms with Crippen LogP contribution < -0.4 is 9.47 Å². The number of piperidine rings is 1. The molecular formula is C21H30FNO4. The van der Waals surface area contributed by atoms with Crippen LogP contribution in [-0.2, 0) is 15.3 Å². The summed E-state index contributed by atoms with van der Waals surface area (Å²) in [6, 6.07) is 3.07. The van der Waals surface area contributed by atoms with Gasteiger partial charge in [-0.2, -0.15) is 0 Å². The third-order valence-electron chi connectivity index (χ3n) is 5.33. The van der Waals surface area contributed by atoms with Gasteiger partial charge >= 0.3 is 0 Å². The van der Waals surface area contributed by atoms with Gasteiger partial charge in [0.1, 0.15) is 5.78 Å². The molecule has 2 rings (SSSR count). The average Bonchev–Trinajstić information content (AvgIpc) is 2.65. The Morgan fingerprint density at radius 3 is 2.56 bits per heavy atom. The molecule has 0 bridgehead atoms. The van der Waals surface area contributed by atoms with Gasteiger partial charge in [0.05, 0.1) is 14.2 Å². The van der Waals surface area contributed by atoms with Crippen molar-refractivity contribution in [3.63, 3.8) is 0 Å². The van der Waals surface area contributed by atoms with Crippen molar-refractivity contribution < 1.29 is 23.5 Å². The molecule has 0 spiro atoms. The number of nitrogens with zero attached hydrogens (tertiary/aromatic N) is 1. The third kappa shape index (κ3) is 4.60. The Kier molecular flexibility index (Phi) is 6.84. The first-order valence-electron chi connectivity index (χ1n) is 9.44. The molecule has 0 saturated carbocycles. The van der Waals surface area contributed by atoms with E-state index in [9.17, 15) is 9.59 Å². The highest BCUT2D eigenvalue weighted by molar-refractivity contribution is 5.87. The number of hydrogen-bond acceptors (Lipinski definition) is 4. The number of aryl methyl sites for hydroxylation is 1. The van der Waals surface area contributed by atoms with Crippen molar-refractivity contribution in [1.29, 1.82) is 0 Å². The number of benzene rings is 1. The first-order chi connectivity index (χ1) is 12.7. The van der Waals surface area contributed by atoms with Crippen LogP contribution in [0.5, 0.6) is 11.5 Å². The Labute approximate surface area is 160 Å². The number of ketones is 1. The molecule has 0 N–H and O–H groups in total. The van der Waals surface area contributed by atoms with Gasteiger partial charge < -0.3 is 19.2 Å². The van der Waals surface area contributed by atoms with Crippen molar-refractivity contribution in [2.24, 2.45) is 0 Å². The second kappa shape index (κ2) is 8.72. The predicted octanol–water partition coefficient (Wildman–Crippen LogP) is 3.95. The van der Waals surface area contributed by atoms with Crippen molar-refractivity contribution >= 4 is 11.7 Å². The van der Waals surface area contributed by atoms with Gasteiger partial charge in [0.25, 0.3) is 5.91 Å². The summed E-state index contributed by atoms with van der Waals surface area (Å²) in [6.07, 6.45) is 3.64. The maximum atomic E-state index is 15.8. The lowest BCUT2D eigenvalue weighted by Gasteiger charge is -2.39. The molecule has 6 heteroatoms. The van der Waals surface area contributed by atoms with E-state index in [1.807, 2.05) is 0 Å². The molecular weight excluding hydrogens is 349 g/mol. The molecule has 1 saturated heterocycles. The summed E-state index contributed by atoms with van der Waals surface area (Å²) < 4.78 is 26.4. The first kappa shape index (κ1) is 21.2. The van der Waals surface area contributed by atoms with Crippen molar-refractivity contribution in [1.82, 2.24) is 4.90 Å². The SMILES string of the molecule is COc1cc(C(C)(F)C(=O)N2CCCC[C@H]2CCC(C)=O)cc(C)c1OC. The number of amides is 1. The van der Waals surface area contributed by atoms with E-state index in [4.69, 9.17) is 9.47 Å². The zero-order valence-corrected chi connectivity index (χ0v) is 16.9. The maximum Gasteiger partial charge on any atom is 0.264 e. The molecule has 0 aromatic heterocycles. The average molecular weight is 379 g/mol. The summed E-state index contributed by atoms with van der Waals surface area (Å²) in [5.74, 6) is 0.464. The molecule has 1 aromatic carbocycles. The monoisotopic (exact) mass is 379 g/mol. The van der Waals surface area contributed by atoms with E-state index in [2.05, 4.69) is 0 Å². The molecule has 1 heterocycles. The van der Waals surface area contributed by atoms with Crippen LogP contribution in [0.15, 0.2) is 12.1 Å². The van der Waals surface area contributed by atoms with Crippen LogP contribution in [0, 0.1) is 6.92 Å². The van der Waals surface area contributed by atoms with Gasteiger partial charge in [0.2, 0.25) is 5.67 Å². The van der Waals surface area contributed by atoms with E-state index < -0.39 is 11.6 Å². The first-order valence-corrected chi connectivity index (χ1v) is 9.44.